The molecule has 0 fully saturated rings. The number of aromatic amines is 1. The number of hydrogen-bond donors (Lipinski definition) is 1. The molecule has 0 saturated heterocycles. The Morgan fingerprint density at radius 3 is 2.21 bits per heavy atom. The van der Waals surface area contributed by atoms with Gasteiger partial charge in [-0.05, 0) is 41.5 Å². The molecule has 0 saturated carbocycles. The van der Waals surface area contributed by atoms with Gasteiger partial charge in [-0.3, -0.25) is 9.89 Å². The number of benzene rings is 1. The summed E-state index contributed by atoms with van der Waals surface area (Å²) in [5, 5.41) is 7.57. The van der Waals surface area contributed by atoms with E-state index in [2.05, 4.69) is 15.2 Å². The molecule has 0 aliphatic rings. The van der Waals surface area contributed by atoms with Gasteiger partial charge in [0, 0.05) is 17.6 Å². The Hall–Kier alpha value is -1.82. The van der Waals surface area contributed by atoms with E-state index in [0.717, 1.165) is 11.4 Å². The summed E-state index contributed by atoms with van der Waals surface area (Å²) in [6, 6.07) is 8.46. The zero-order chi connectivity index (χ0) is 17.9. The fourth-order valence-corrected chi connectivity index (χ4v) is 3.44. The van der Waals surface area contributed by atoms with E-state index >= 15 is 0 Å². The van der Waals surface area contributed by atoms with Crippen molar-refractivity contribution in [1.82, 2.24) is 20.1 Å². The number of nitrogens with zero attached hydrogens (tertiary/aromatic N) is 3. The lowest BCUT2D eigenvalue weighted by Crippen LogP contribution is -2.45. The van der Waals surface area contributed by atoms with Crippen LogP contribution in [-0.4, -0.2) is 43.3 Å². The van der Waals surface area contributed by atoms with Gasteiger partial charge < -0.3 is 4.90 Å². The van der Waals surface area contributed by atoms with Gasteiger partial charge in [-0.15, -0.1) is 5.10 Å². The highest BCUT2D eigenvalue weighted by atomic mass is 32.2. The van der Waals surface area contributed by atoms with Crippen molar-refractivity contribution in [3.63, 3.8) is 0 Å². The van der Waals surface area contributed by atoms with Crippen molar-refractivity contribution < 1.29 is 4.79 Å². The van der Waals surface area contributed by atoms with E-state index in [1.165, 1.54) is 17.3 Å². The molecular weight excluding hydrogens is 320 g/mol. The Kier molecular flexibility index (Phi) is 6.04. The number of thioether (sulfide) groups is 1. The summed E-state index contributed by atoms with van der Waals surface area (Å²) < 4.78 is 0. The van der Waals surface area contributed by atoms with Crippen LogP contribution in [0.4, 0.5) is 0 Å². The van der Waals surface area contributed by atoms with E-state index in [1.54, 1.807) is 0 Å². The Morgan fingerprint density at radius 2 is 1.67 bits per heavy atom. The summed E-state index contributed by atoms with van der Waals surface area (Å²) in [7, 11) is 0. The first-order valence-electron chi connectivity index (χ1n) is 8.28. The van der Waals surface area contributed by atoms with Crippen LogP contribution >= 0.6 is 11.8 Å². The second kappa shape index (κ2) is 7.83. The SMILES string of the molecule is Cc1ccc(-c2nc(S[C@@H](C)C(=O)N(C(C)C)C(C)C)n[nH]2)cc1. The number of carbonyl (C=O) groups is 1. The van der Waals surface area contributed by atoms with Gasteiger partial charge in [-0.1, -0.05) is 41.6 Å². The molecule has 1 aromatic heterocycles. The van der Waals surface area contributed by atoms with Crippen LogP contribution in [0.5, 0.6) is 0 Å². The average molecular weight is 347 g/mol. The van der Waals surface area contributed by atoms with Gasteiger partial charge in [0.1, 0.15) is 0 Å². The summed E-state index contributed by atoms with van der Waals surface area (Å²) in [5.41, 5.74) is 2.19. The van der Waals surface area contributed by atoms with E-state index in [-0.39, 0.29) is 23.2 Å². The molecule has 24 heavy (non-hydrogen) atoms. The first kappa shape index (κ1) is 18.5. The van der Waals surface area contributed by atoms with Crippen molar-refractivity contribution in [2.24, 2.45) is 0 Å². The molecule has 0 radical (unpaired) electrons. The van der Waals surface area contributed by atoms with Gasteiger partial charge in [-0.25, -0.2) is 4.98 Å². The number of hydrogen-bond acceptors (Lipinski definition) is 4. The molecule has 130 valence electrons. The average Bonchev–Trinajstić information content (AvgIpc) is 2.95. The van der Waals surface area contributed by atoms with Crippen molar-refractivity contribution in [2.75, 3.05) is 0 Å². The fourth-order valence-electron chi connectivity index (χ4n) is 2.66. The van der Waals surface area contributed by atoms with Crippen LogP contribution in [0.25, 0.3) is 11.4 Å². The highest BCUT2D eigenvalue weighted by molar-refractivity contribution is 8.00. The molecule has 6 heteroatoms. The maximum Gasteiger partial charge on any atom is 0.236 e. The van der Waals surface area contributed by atoms with Gasteiger partial charge in [0.15, 0.2) is 5.82 Å². The lowest BCUT2D eigenvalue weighted by atomic mass is 10.1. The van der Waals surface area contributed by atoms with Gasteiger partial charge in [0.05, 0.1) is 5.25 Å². The van der Waals surface area contributed by atoms with E-state index < -0.39 is 0 Å². The van der Waals surface area contributed by atoms with E-state index in [0.29, 0.717) is 5.16 Å². The number of aromatic nitrogens is 3. The molecular formula is C18H26N4OS. The van der Waals surface area contributed by atoms with Crippen molar-refractivity contribution in [3.8, 4) is 11.4 Å². The number of nitrogens with one attached hydrogen (secondary N) is 1. The third kappa shape index (κ3) is 4.38. The maximum absolute atomic E-state index is 12.7. The molecule has 0 unspecified atom stereocenters. The van der Waals surface area contributed by atoms with Crippen molar-refractivity contribution in [1.29, 1.82) is 0 Å². The van der Waals surface area contributed by atoms with Gasteiger partial charge in [-0.2, -0.15) is 0 Å². The van der Waals surface area contributed by atoms with Crippen LogP contribution in [-0.2, 0) is 4.79 Å². The molecule has 1 aromatic carbocycles. The third-order valence-electron chi connectivity index (χ3n) is 3.79. The molecule has 0 bridgehead atoms. The molecule has 1 heterocycles. The molecule has 2 rings (SSSR count). The second-order valence-electron chi connectivity index (χ2n) is 6.53. The van der Waals surface area contributed by atoms with Crippen LogP contribution in [0.1, 0.15) is 40.2 Å². The highest BCUT2D eigenvalue weighted by Gasteiger charge is 2.26. The molecule has 2 aromatic rings. The van der Waals surface area contributed by atoms with Crippen LogP contribution in [0, 0.1) is 6.92 Å². The Morgan fingerprint density at radius 1 is 1.08 bits per heavy atom. The van der Waals surface area contributed by atoms with Crippen molar-refractivity contribution in [3.05, 3.63) is 29.8 Å². The van der Waals surface area contributed by atoms with E-state index in [1.807, 2.05) is 70.7 Å². The summed E-state index contributed by atoms with van der Waals surface area (Å²) in [5.74, 6) is 0.841. The Labute approximate surface area is 148 Å². The standard InChI is InChI=1S/C18H26N4OS/c1-11(2)22(12(3)4)17(23)14(6)24-18-19-16(20-21-18)15-9-7-13(5)8-10-15/h7-12,14H,1-6H3,(H,19,20,21)/t14-/m0/s1. The summed E-state index contributed by atoms with van der Waals surface area (Å²) in [4.78, 5) is 19.1. The minimum Gasteiger partial charge on any atom is -0.337 e. The number of rotatable bonds is 6. The van der Waals surface area contributed by atoms with Crippen molar-refractivity contribution in [2.45, 2.75) is 64.0 Å². The number of H-pyrrole nitrogens is 1. The number of amides is 1. The monoisotopic (exact) mass is 346 g/mol. The van der Waals surface area contributed by atoms with Crippen molar-refractivity contribution >= 4 is 17.7 Å². The van der Waals surface area contributed by atoms with E-state index in [9.17, 15) is 4.79 Å². The van der Waals surface area contributed by atoms with Gasteiger partial charge in [0.25, 0.3) is 0 Å². The third-order valence-corrected chi connectivity index (χ3v) is 4.74. The quantitative estimate of drug-likeness (QED) is 0.806. The predicted octanol–water partition coefficient (Wildman–Crippen LogP) is 3.91. The van der Waals surface area contributed by atoms with Crippen LogP contribution < -0.4 is 0 Å². The lowest BCUT2D eigenvalue weighted by molar-refractivity contribution is -0.133. The van der Waals surface area contributed by atoms with Gasteiger partial charge in [0.2, 0.25) is 11.1 Å². The first-order chi connectivity index (χ1) is 11.3. The second-order valence-corrected chi connectivity index (χ2v) is 7.83. The molecule has 0 aliphatic heterocycles. The minimum absolute atomic E-state index is 0.117. The molecule has 0 spiro atoms. The van der Waals surface area contributed by atoms with Crippen LogP contribution in [0.2, 0.25) is 0 Å². The largest absolute Gasteiger partial charge is 0.337 e. The Balaban J connectivity index is 2.08. The zero-order valence-electron chi connectivity index (χ0n) is 15.2. The molecule has 1 atom stereocenters. The smallest absolute Gasteiger partial charge is 0.236 e. The van der Waals surface area contributed by atoms with Crippen LogP contribution in [0.3, 0.4) is 0 Å². The van der Waals surface area contributed by atoms with E-state index in [4.69, 9.17) is 0 Å². The highest BCUT2D eigenvalue weighted by Crippen LogP contribution is 2.25. The number of carbonyl (C=O) groups excluding carboxylic acids is 1. The lowest BCUT2D eigenvalue weighted by Gasteiger charge is -2.32. The first-order valence-corrected chi connectivity index (χ1v) is 9.15. The predicted molar refractivity (Wildman–Crippen MR) is 99.0 cm³/mol. The fraction of sp³-hybridized carbons (Fsp3) is 0.500. The zero-order valence-corrected chi connectivity index (χ0v) is 16.0. The number of aryl methyl sites for hydroxylation is 1. The topological polar surface area (TPSA) is 61.9 Å². The summed E-state index contributed by atoms with van der Waals surface area (Å²) >= 11 is 1.39. The molecule has 0 aliphatic carbocycles. The molecule has 1 amide bonds. The summed E-state index contributed by atoms with van der Waals surface area (Å²) in [6.45, 7) is 12.1. The maximum atomic E-state index is 12.7. The normalized spacial score (nSPS) is 12.7. The molecule has 1 N–H and O–H groups in total. The van der Waals surface area contributed by atoms with Gasteiger partial charge >= 0.3 is 0 Å². The summed E-state index contributed by atoms with van der Waals surface area (Å²) in [6.07, 6.45) is 0. The van der Waals surface area contributed by atoms with Crippen LogP contribution in [0.15, 0.2) is 29.4 Å². The Bertz CT molecular complexity index is 671. The minimum atomic E-state index is -0.225. The molecule has 5 nitrogen and oxygen atoms in total.